The molecule has 7 heteroatoms. The molecule has 6 nitrogen and oxygen atoms in total. The van der Waals surface area contributed by atoms with Crippen molar-refractivity contribution in [1.29, 1.82) is 0 Å². The van der Waals surface area contributed by atoms with E-state index < -0.39 is 10.0 Å². The molecule has 2 aromatic carbocycles. The van der Waals surface area contributed by atoms with Gasteiger partial charge in [0, 0.05) is 19.2 Å². The molecule has 0 fully saturated rings. The molecule has 0 bridgehead atoms. The number of anilines is 1. The van der Waals surface area contributed by atoms with Crippen molar-refractivity contribution in [2.24, 2.45) is 0 Å². The molecule has 1 amide bonds. The summed E-state index contributed by atoms with van der Waals surface area (Å²) >= 11 is 0. The summed E-state index contributed by atoms with van der Waals surface area (Å²) in [6.07, 6.45) is 4.33. The van der Waals surface area contributed by atoms with Crippen molar-refractivity contribution in [3.63, 3.8) is 0 Å². The summed E-state index contributed by atoms with van der Waals surface area (Å²) in [7, 11) is -0.801. The van der Waals surface area contributed by atoms with Crippen LogP contribution in [0.1, 0.15) is 43.0 Å². The molecule has 0 aromatic heterocycles. The number of nitrogens with zero attached hydrogens (tertiary/aromatic N) is 1. The number of carbonyl (C=O) groups is 1. The Bertz CT molecular complexity index is 880. The van der Waals surface area contributed by atoms with Crippen molar-refractivity contribution in [1.82, 2.24) is 5.32 Å². The van der Waals surface area contributed by atoms with Crippen LogP contribution < -0.4 is 14.4 Å². The van der Waals surface area contributed by atoms with Crippen molar-refractivity contribution in [3.05, 3.63) is 54.1 Å². The van der Waals surface area contributed by atoms with Crippen LogP contribution in [0.4, 0.5) is 5.69 Å². The fraction of sp³-hybridized carbons (Fsp3) is 0.381. The lowest BCUT2D eigenvalue weighted by atomic mass is 10.2. The highest BCUT2D eigenvalue weighted by molar-refractivity contribution is 7.92. The van der Waals surface area contributed by atoms with Gasteiger partial charge in [0.15, 0.2) is 0 Å². The molecule has 0 unspecified atom stereocenters. The highest BCUT2D eigenvalue weighted by Crippen LogP contribution is 2.30. The molecule has 0 radical (unpaired) electrons. The Balaban J connectivity index is 2.10. The fourth-order valence-corrected chi connectivity index (χ4v) is 4.02. The second-order valence-corrected chi connectivity index (χ2v) is 8.45. The number of methoxy groups -OCH3 is 1. The van der Waals surface area contributed by atoms with Gasteiger partial charge >= 0.3 is 0 Å². The zero-order valence-corrected chi connectivity index (χ0v) is 17.5. The predicted molar refractivity (Wildman–Crippen MR) is 112 cm³/mol. The number of ether oxygens (including phenoxy) is 1. The molecule has 0 aliphatic heterocycles. The van der Waals surface area contributed by atoms with Crippen LogP contribution in [-0.4, -0.2) is 35.0 Å². The molecule has 0 atom stereocenters. The zero-order chi connectivity index (χ0) is 20.6. The number of unbranched alkanes of at least 4 members (excludes halogenated alkanes) is 3. The Morgan fingerprint density at radius 1 is 1.04 bits per heavy atom. The second-order valence-electron chi connectivity index (χ2n) is 6.49. The first kappa shape index (κ1) is 21.8. The molecule has 0 saturated carbocycles. The van der Waals surface area contributed by atoms with Crippen molar-refractivity contribution in [2.45, 2.75) is 37.5 Å². The molecule has 152 valence electrons. The fourth-order valence-electron chi connectivity index (χ4n) is 2.81. The minimum absolute atomic E-state index is 0.111. The van der Waals surface area contributed by atoms with E-state index in [0.29, 0.717) is 23.5 Å². The van der Waals surface area contributed by atoms with Gasteiger partial charge in [-0.1, -0.05) is 38.3 Å². The number of sulfonamides is 1. The minimum Gasteiger partial charge on any atom is -0.495 e. The maximum atomic E-state index is 12.9. The lowest BCUT2D eigenvalue weighted by Gasteiger charge is -2.21. The van der Waals surface area contributed by atoms with Gasteiger partial charge in [-0.2, -0.15) is 0 Å². The van der Waals surface area contributed by atoms with Crippen LogP contribution in [-0.2, 0) is 10.0 Å². The number of carbonyl (C=O) groups excluding carboxylic acids is 1. The first-order valence-corrected chi connectivity index (χ1v) is 10.9. The van der Waals surface area contributed by atoms with Crippen molar-refractivity contribution in [3.8, 4) is 5.75 Å². The Labute approximate surface area is 167 Å². The normalized spacial score (nSPS) is 11.1. The first-order chi connectivity index (χ1) is 13.4. The van der Waals surface area contributed by atoms with E-state index in [4.69, 9.17) is 4.74 Å². The van der Waals surface area contributed by atoms with Crippen LogP contribution in [0.15, 0.2) is 53.4 Å². The topological polar surface area (TPSA) is 75.7 Å². The van der Waals surface area contributed by atoms with E-state index in [0.717, 1.165) is 25.7 Å². The Hall–Kier alpha value is -2.54. The predicted octanol–water partition coefficient (Wildman–Crippen LogP) is 3.83. The van der Waals surface area contributed by atoms with Crippen molar-refractivity contribution >= 4 is 21.6 Å². The van der Waals surface area contributed by atoms with Gasteiger partial charge in [0.2, 0.25) is 0 Å². The van der Waals surface area contributed by atoms with Gasteiger partial charge in [-0.05, 0) is 42.8 Å². The first-order valence-electron chi connectivity index (χ1n) is 9.42. The summed E-state index contributed by atoms with van der Waals surface area (Å²) in [5.41, 5.74) is 0.883. The van der Waals surface area contributed by atoms with Crippen molar-refractivity contribution < 1.29 is 17.9 Å². The lowest BCUT2D eigenvalue weighted by Crippen LogP contribution is -2.27. The maximum Gasteiger partial charge on any atom is 0.264 e. The largest absolute Gasteiger partial charge is 0.495 e. The van der Waals surface area contributed by atoms with Crippen molar-refractivity contribution in [2.75, 3.05) is 25.0 Å². The molecule has 2 aromatic rings. The number of amides is 1. The van der Waals surface area contributed by atoms with E-state index >= 15 is 0 Å². The van der Waals surface area contributed by atoms with E-state index in [2.05, 4.69) is 12.2 Å². The zero-order valence-electron chi connectivity index (χ0n) is 16.6. The van der Waals surface area contributed by atoms with Gasteiger partial charge in [-0.3, -0.25) is 9.10 Å². The molecule has 0 spiro atoms. The van der Waals surface area contributed by atoms with E-state index in [1.165, 1.54) is 42.7 Å². The van der Waals surface area contributed by atoms with E-state index in [1.54, 1.807) is 24.3 Å². The van der Waals surface area contributed by atoms with E-state index in [9.17, 15) is 13.2 Å². The summed E-state index contributed by atoms with van der Waals surface area (Å²) in [6.45, 7) is 2.76. The summed E-state index contributed by atoms with van der Waals surface area (Å²) in [5.74, 6) is 0.270. The van der Waals surface area contributed by atoms with Crippen LogP contribution in [0.5, 0.6) is 5.75 Å². The summed E-state index contributed by atoms with van der Waals surface area (Å²) in [6, 6.07) is 12.9. The van der Waals surface area contributed by atoms with Gasteiger partial charge in [0.1, 0.15) is 5.75 Å². The number of nitrogens with one attached hydrogen (secondary N) is 1. The smallest absolute Gasteiger partial charge is 0.264 e. The Morgan fingerprint density at radius 2 is 1.71 bits per heavy atom. The van der Waals surface area contributed by atoms with E-state index in [-0.39, 0.29) is 10.8 Å². The van der Waals surface area contributed by atoms with Gasteiger partial charge in [0.05, 0.1) is 17.7 Å². The highest BCUT2D eigenvalue weighted by Gasteiger charge is 2.23. The van der Waals surface area contributed by atoms with Gasteiger partial charge in [-0.15, -0.1) is 0 Å². The third kappa shape index (κ3) is 5.25. The van der Waals surface area contributed by atoms with Crippen LogP contribution in [0.25, 0.3) is 0 Å². The standard InChI is InChI=1S/C21H28N2O4S/c1-4-5-6-9-16-22-21(24)17-12-14-18(15-13-17)28(25,26)23(2)19-10-7-8-11-20(19)27-3/h7-8,10-15H,4-6,9,16H2,1-3H3,(H,22,24). The molecule has 2 rings (SSSR count). The number of hydrogen-bond acceptors (Lipinski definition) is 4. The van der Waals surface area contributed by atoms with Gasteiger partial charge in [0.25, 0.3) is 15.9 Å². The molecule has 1 N–H and O–H groups in total. The highest BCUT2D eigenvalue weighted by atomic mass is 32.2. The average molecular weight is 405 g/mol. The molecule has 0 aliphatic carbocycles. The SMILES string of the molecule is CCCCCCNC(=O)c1ccc(S(=O)(=O)N(C)c2ccccc2OC)cc1. The number of rotatable bonds is 10. The second kappa shape index (κ2) is 10.1. The Kier molecular flexibility index (Phi) is 7.87. The monoisotopic (exact) mass is 404 g/mol. The summed E-state index contributed by atoms with van der Waals surface area (Å²) in [4.78, 5) is 12.3. The average Bonchev–Trinajstić information content (AvgIpc) is 2.72. The number of benzene rings is 2. The maximum absolute atomic E-state index is 12.9. The van der Waals surface area contributed by atoms with Crippen LogP contribution in [0.3, 0.4) is 0 Å². The quantitative estimate of drug-likeness (QED) is 0.611. The van der Waals surface area contributed by atoms with Gasteiger partial charge < -0.3 is 10.1 Å². The van der Waals surface area contributed by atoms with E-state index in [1.807, 2.05) is 0 Å². The Morgan fingerprint density at radius 3 is 2.36 bits per heavy atom. The number of hydrogen-bond donors (Lipinski definition) is 1. The van der Waals surface area contributed by atoms with Crippen LogP contribution in [0, 0.1) is 0 Å². The summed E-state index contributed by atoms with van der Waals surface area (Å²) < 4.78 is 32.3. The molecular weight excluding hydrogens is 376 g/mol. The molecular formula is C21H28N2O4S. The van der Waals surface area contributed by atoms with Gasteiger partial charge in [-0.25, -0.2) is 8.42 Å². The summed E-state index contributed by atoms with van der Waals surface area (Å²) in [5, 5.41) is 2.86. The number of para-hydroxylation sites is 2. The minimum atomic E-state index is -3.77. The third-order valence-electron chi connectivity index (χ3n) is 4.52. The van der Waals surface area contributed by atoms with Crippen LogP contribution in [0.2, 0.25) is 0 Å². The van der Waals surface area contributed by atoms with Crippen LogP contribution >= 0.6 is 0 Å². The third-order valence-corrected chi connectivity index (χ3v) is 6.30. The molecule has 28 heavy (non-hydrogen) atoms. The lowest BCUT2D eigenvalue weighted by molar-refractivity contribution is 0.0953. The molecule has 0 saturated heterocycles. The molecule has 0 aliphatic rings. The molecule has 0 heterocycles.